The second-order valence-corrected chi connectivity index (χ2v) is 18.1. The average Bonchev–Trinajstić information content (AvgIpc) is 4.00. The Bertz CT molecular complexity index is 2090. The molecule has 3 aliphatic rings. The highest BCUT2D eigenvalue weighted by molar-refractivity contribution is 7.91. The number of carbonyl (C=O) groups is 4. The predicted octanol–water partition coefficient (Wildman–Crippen LogP) is 4.00. The third-order valence-corrected chi connectivity index (χ3v) is 11.5. The van der Waals surface area contributed by atoms with Gasteiger partial charge >= 0.3 is 6.09 Å². The summed E-state index contributed by atoms with van der Waals surface area (Å²) in [5.74, 6) is -2.65. The number of fused-ring (bicyclic) bond motifs is 2. The molecule has 3 fully saturated rings. The van der Waals surface area contributed by atoms with Crippen LogP contribution < -0.4 is 20.7 Å². The van der Waals surface area contributed by atoms with E-state index in [0.717, 1.165) is 0 Å². The molecule has 2 aliphatic carbocycles. The van der Waals surface area contributed by atoms with E-state index in [4.69, 9.17) is 14.0 Å². The van der Waals surface area contributed by atoms with Crippen LogP contribution in [0.4, 0.5) is 4.79 Å². The van der Waals surface area contributed by atoms with E-state index in [1.807, 2.05) is 48.5 Å². The Morgan fingerprint density at radius 3 is 2.13 bits per heavy atom. The third kappa shape index (κ3) is 8.04. The maximum atomic E-state index is 14.5. The van der Waals surface area contributed by atoms with E-state index >= 15 is 0 Å². The van der Waals surface area contributed by atoms with Crippen molar-refractivity contribution in [2.24, 2.45) is 16.5 Å². The fourth-order valence-corrected chi connectivity index (χ4v) is 7.98. The molecule has 2 saturated carbocycles. The Labute approximate surface area is 308 Å². The van der Waals surface area contributed by atoms with Crippen LogP contribution in [0.25, 0.3) is 21.9 Å². The molecule has 1 aromatic heterocycles. The van der Waals surface area contributed by atoms with Gasteiger partial charge in [0.2, 0.25) is 21.8 Å². The predicted molar refractivity (Wildman–Crippen MR) is 196 cm³/mol. The van der Waals surface area contributed by atoms with Gasteiger partial charge in [-0.15, -0.1) is 6.58 Å². The van der Waals surface area contributed by atoms with Crippen molar-refractivity contribution in [1.82, 2.24) is 20.3 Å². The number of alkyl carbamates (subject to hydrolysis) is 1. The third-order valence-electron chi connectivity index (χ3n) is 9.67. The lowest BCUT2D eigenvalue weighted by Crippen LogP contribution is -2.60. The van der Waals surface area contributed by atoms with Crippen LogP contribution >= 0.6 is 0 Å². The number of hydrogen-bond acceptors (Lipinski definition) is 10. The van der Waals surface area contributed by atoms with E-state index in [1.54, 1.807) is 41.5 Å². The van der Waals surface area contributed by atoms with Gasteiger partial charge in [0.25, 0.3) is 5.91 Å². The molecule has 0 spiro atoms. The number of hydrogen-bond donors (Lipinski definition) is 3. The highest BCUT2D eigenvalue weighted by Gasteiger charge is 2.62. The zero-order chi connectivity index (χ0) is 38.5. The Hall–Kier alpha value is -4.92. The SMILES string of the molecule is C=C[C@@H]1C[C@@]1(NC(=O)[C@@H]1C[C@@H](ON=c2c3ccccc3oc3ccccc23)CN1C(=O)[C@@H](NC(=O)OC(C)(C)C)C(C)(C)C)C(=O)NS(=O)(=O)C1CC1. The molecule has 1 aliphatic heterocycles. The first-order chi connectivity index (χ1) is 24.8. The Kier molecular flexibility index (Phi) is 9.86. The van der Waals surface area contributed by atoms with Crippen molar-refractivity contribution in [2.75, 3.05) is 6.54 Å². The lowest BCUT2D eigenvalue weighted by molar-refractivity contribution is -0.143. The summed E-state index contributed by atoms with van der Waals surface area (Å²) in [5.41, 5.74) is -2.05. The van der Waals surface area contributed by atoms with Crippen LogP contribution in [0.1, 0.15) is 67.2 Å². The van der Waals surface area contributed by atoms with E-state index < -0.39 is 79.7 Å². The van der Waals surface area contributed by atoms with E-state index in [0.29, 0.717) is 40.1 Å². The molecule has 284 valence electrons. The first kappa shape index (κ1) is 37.8. The number of benzene rings is 2. The number of para-hydroxylation sites is 2. The second kappa shape index (κ2) is 13.8. The van der Waals surface area contributed by atoms with Crippen molar-refractivity contribution in [3.63, 3.8) is 0 Å². The summed E-state index contributed by atoms with van der Waals surface area (Å²) in [6, 6.07) is 12.4. The molecule has 0 radical (unpaired) electrons. The number of ether oxygens (including phenoxy) is 1. The van der Waals surface area contributed by atoms with Crippen LogP contribution in [0, 0.1) is 11.3 Å². The fourth-order valence-electron chi connectivity index (χ4n) is 6.62. The Morgan fingerprint density at radius 1 is 1.00 bits per heavy atom. The van der Waals surface area contributed by atoms with E-state index in [1.165, 1.54) is 11.0 Å². The van der Waals surface area contributed by atoms with Gasteiger partial charge in [-0.1, -0.05) is 56.3 Å². The van der Waals surface area contributed by atoms with Crippen LogP contribution in [0.15, 0.2) is 70.8 Å². The highest BCUT2D eigenvalue weighted by atomic mass is 32.2. The van der Waals surface area contributed by atoms with Crippen LogP contribution in [-0.2, 0) is 34.0 Å². The monoisotopic (exact) mass is 749 g/mol. The van der Waals surface area contributed by atoms with Crippen molar-refractivity contribution in [3.05, 3.63) is 66.5 Å². The van der Waals surface area contributed by atoms with Crippen molar-refractivity contribution in [1.29, 1.82) is 0 Å². The molecule has 0 unspecified atom stereocenters. The summed E-state index contributed by atoms with van der Waals surface area (Å²) in [6.07, 6.45) is 0.917. The first-order valence-electron chi connectivity index (χ1n) is 17.7. The smallest absolute Gasteiger partial charge is 0.408 e. The van der Waals surface area contributed by atoms with Crippen LogP contribution in [0.5, 0.6) is 0 Å². The summed E-state index contributed by atoms with van der Waals surface area (Å²) in [7, 11) is -3.91. The van der Waals surface area contributed by atoms with Gasteiger partial charge < -0.3 is 29.5 Å². The van der Waals surface area contributed by atoms with E-state index in [-0.39, 0.29) is 19.4 Å². The molecule has 6 rings (SSSR count). The Morgan fingerprint density at radius 2 is 1.60 bits per heavy atom. The van der Waals surface area contributed by atoms with Crippen molar-refractivity contribution in [2.45, 2.75) is 102 Å². The van der Waals surface area contributed by atoms with Crippen LogP contribution in [0.3, 0.4) is 0 Å². The molecule has 1 saturated heterocycles. The normalized spacial score (nSPS) is 23.5. The van der Waals surface area contributed by atoms with Gasteiger partial charge in [0.15, 0.2) is 0 Å². The molecule has 14 nitrogen and oxygen atoms in total. The number of sulfonamides is 1. The van der Waals surface area contributed by atoms with Gasteiger partial charge in [-0.2, -0.15) is 0 Å². The first-order valence-corrected chi connectivity index (χ1v) is 19.3. The Balaban J connectivity index is 1.33. The summed E-state index contributed by atoms with van der Waals surface area (Å²) in [4.78, 5) is 62.6. The van der Waals surface area contributed by atoms with Gasteiger partial charge in [0.05, 0.1) is 11.8 Å². The molecule has 3 N–H and O–H groups in total. The molecular formula is C38H47N5O9S. The molecular weight excluding hydrogens is 703 g/mol. The number of nitrogens with zero attached hydrogens (tertiary/aromatic N) is 2. The van der Waals surface area contributed by atoms with Gasteiger partial charge in [-0.05, 0) is 69.7 Å². The summed E-state index contributed by atoms with van der Waals surface area (Å²) < 4.78 is 39.1. The number of rotatable bonds is 10. The van der Waals surface area contributed by atoms with Gasteiger partial charge in [0.1, 0.15) is 45.9 Å². The van der Waals surface area contributed by atoms with E-state index in [2.05, 4.69) is 27.1 Å². The molecule has 4 amide bonds. The number of nitrogens with one attached hydrogen (secondary N) is 3. The van der Waals surface area contributed by atoms with Crippen molar-refractivity contribution in [3.8, 4) is 0 Å². The molecule has 0 bridgehead atoms. The molecule has 5 atom stereocenters. The minimum Gasteiger partial charge on any atom is -0.456 e. The van der Waals surface area contributed by atoms with Crippen molar-refractivity contribution < 1.29 is 41.6 Å². The molecule has 2 heterocycles. The topological polar surface area (TPSA) is 186 Å². The van der Waals surface area contributed by atoms with Gasteiger partial charge in [0, 0.05) is 23.1 Å². The zero-order valence-electron chi connectivity index (χ0n) is 30.8. The fraction of sp³-hybridized carbons (Fsp3) is 0.500. The quantitative estimate of drug-likeness (QED) is 0.157. The maximum Gasteiger partial charge on any atom is 0.408 e. The number of amides is 4. The molecule has 15 heteroatoms. The second-order valence-electron chi connectivity index (χ2n) is 16.1. The lowest BCUT2D eigenvalue weighted by Gasteiger charge is -2.36. The minimum atomic E-state index is -3.91. The van der Waals surface area contributed by atoms with Crippen LogP contribution in [0.2, 0.25) is 0 Å². The van der Waals surface area contributed by atoms with Gasteiger partial charge in [-0.25, -0.2) is 13.2 Å². The minimum absolute atomic E-state index is 0.0196. The largest absolute Gasteiger partial charge is 0.456 e. The molecule has 53 heavy (non-hydrogen) atoms. The zero-order valence-corrected chi connectivity index (χ0v) is 31.6. The molecule has 3 aromatic rings. The molecule has 2 aromatic carbocycles. The van der Waals surface area contributed by atoms with Crippen LogP contribution in [-0.4, -0.2) is 78.3 Å². The maximum absolute atomic E-state index is 14.5. The summed E-state index contributed by atoms with van der Waals surface area (Å²) >= 11 is 0. The lowest BCUT2D eigenvalue weighted by atomic mass is 9.85. The van der Waals surface area contributed by atoms with E-state index in [9.17, 15) is 27.6 Å². The van der Waals surface area contributed by atoms with Crippen molar-refractivity contribution >= 4 is 55.8 Å². The number of likely N-dealkylation sites (tertiary alicyclic amines) is 1. The summed E-state index contributed by atoms with van der Waals surface area (Å²) in [5, 5.41) is 11.3. The summed E-state index contributed by atoms with van der Waals surface area (Å²) in [6.45, 7) is 14.1. The van der Waals surface area contributed by atoms with Gasteiger partial charge in [-0.3, -0.25) is 19.1 Å². The highest BCUT2D eigenvalue weighted by Crippen LogP contribution is 2.45. The standard InChI is InChI=1S/C38H47N5O9S/c1-8-22-20-38(22,34(46)42-53(48,49)24-17-18-24)40-32(44)27-19-23(21-43(27)33(45)31(36(2,3)4)39-35(47)51-37(5,6)7)52-41-30-25-13-9-11-15-28(25)50-29-16-12-10-14-26(29)30/h8-16,22-24,27,31H,1,17-21H2,2-7H3,(H,39,47)(H,40,44)(H,42,46)/t22-,23-,27+,31-,38+/m1/s1. The number of carbonyl (C=O) groups excluding carboxylic acids is 4. The average molecular weight is 750 g/mol.